The summed E-state index contributed by atoms with van der Waals surface area (Å²) in [6.45, 7) is 0. The first-order chi connectivity index (χ1) is 8.82. The van der Waals surface area contributed by atoms with Crippen molar-refractivity contribution in [3.8, 4) is 0 Å². The summed E-state index contributed by atoms with van der Waals surface area (Å²) in [6.07, 6.45) is 16.5. The fourth-order valence-corrected chi connectivity index (χ4v) is 8.14. The Balaban J connectivity index is 1.46. The standard InChI is InChI=1S/C18H26/c1-3-13-5-11(1)7-16(13)18(17-9-15(17)10-17)8-12-2-4-14(18)6-12/h11-16H,1-10H2. The van der Waals surface area contributed by atoms with Crippen molar-refractivity contribution in [3.05, 3.63) is 0 Å². The second kappa shape index (κ2) is 2.72. The van der Waals surface area contributed by atoms with Crippen LogP contribution in [0.3, 0.4) is 0 Å². The zero-order chi connectivity index (χ0) is 11.5. The van der Waals surface area contributed by atoms with Crippen molar-refractivity contribution < 1.29 is 0 Å². The molecule has 0 aliphatic heterocycles. The molecule has 6 aliphatic rings. The molecule has 0 spiro atoms. The molecule has 18 heavy (non-hydrogen) atoms. The Morgan fingerprint density at radius 1 is 0.667 bits per heavy atom. The summed E-state index contributed by atoms with van der Waals surface area (Å²) in [6, 6.07) is 0. The summed E-state index contributed by atoms with van der Waals surface area (Å²) in [5.74, 6) is 7.16. The van der Waals surface area contributed by atoms with Crippen LogP contribution in [0.15, 0.2) is 0 Å². The van der Waals surface area contributed by atoms with Crippen LogP contribution in [0, 0.1) is 46.3 Å². The van der Waals surface area contributed by atoms with Gasteiger partial charge in [-0.2, -0.15) is 0 Å². The largest absolute Gasteiger partial charge is 0.0502 e. The van der Waals surface area contributed by atoms with Gasteiger partial charge in [0.15, 0.2) is 0 Å². The van der Waals surface area contributed by atoms with E-state index in [4.69, 9.17) is 0 Å². The maximum atomic E-state index is 1.70. The molecule has 0 aromatic carbocycles. The lowest BCUT2D eigenvalue weighted by molar-refractivity contribution is -0.0117. The zero-order valence-corrected chi connectivity index (χ0v) is 11.5. The molecular formula is C18H26. The van der Waals surface area contributed by atoms with E-state index in [9.17, 15) is 0 Å². The molecule has 0 saturated heterocycles. The van der Waals surface area contributed by atoms with Gasteiger partial charge in [0.25, 0.3) is 0 Å². The van der Waals surface area contributed by atoms with Gasteiger partial charge in [-0.05, 0) is 97.7 Å². The molecule has 6 saturated carbocycles. The minimum Gasteiger partial charge on any atom is -0.0502 e. The van der Waals surface area contributed by atoms with E-state index in [0.29, 0.717) is 0 Å². The van der Waals surface area contributed by atoms with E-state index in [2.05, 4.69) is 0 Å². The molecule has 0 heteroatoms. The molecule has 0 amide bonds. The highest BCUT2D eigenvalue weighted by molar-refractivity contribution is 5.31. The maximum Gasteiger partial charge on any atom is -0.0176 e. The van der Waals surface area contributed by atoms with Crippen LogP contribution in [0.25, 0.3) is 0 Å². The average Bonchev–Trinajstić information content (AvgIpc) is 2.92. The lowest BCUT2D eigenvalue weighted by atomic mass is 9.55. The molecule has 0 N–H and O–H groups in total. The molecular weight excluding hydrogens is 216 g/mol. The second-order valence-corrected chi connectivity index (χ2v) is 9.16. The van der Waals surface area contributed by atoms with Gasteiger partial charge in [0, 0.05) is 0 Å². The fourth-order valence-electron chi connectivity index (χ4n) is 8.14. The molecule has 4 bridgehead atoms. The smallest absolute Gasteiger partial charge is 0.0176 e. The molecule has 0 heterocycles. The number of hydrogen-bond donors (Lipinski definition) is 0. The Hall–Kier alpha value is 0. The Morgan fingerprint density at radius 3 is 2.00 bits per heavy atom. The van der Waals surface area contributed by atoms with E-state index in [1.807, 2.05) is 0 Å². The van der Waals surface area contributed by atoms with Gasteiger partial charge in [0.2, 0.25) is 0 Å². The summed E-state index contributed by atoms with van der Waals surface area (Å²) in [7, 11) is 0. The fraction of sp³-hybridized carbons (Fsp3) is 1.00. The first-order valence-corrected chi connectivity index (χ1v) is 8.82. The van der Waals surface area contributed by atoms with E-state index >= 15 is 0 Å². The van der Waals surface area contributed by atoms with Crippen LogP contribution in [0.4, 0.5) is 0 Å². The molecule has 98 valence electrons. The molecule has 0 radical (unpaired) electrons. The van der Waals surface area contributed by atoms with Gasteiger partial charge >= 0.3 is 0 Å². The Bertz CT molecular complexity index is 418. The van der Waals surface area contributed by atoms with Crippen LogP contribution in [-0.4, -0.2) is 0 Å². The Kier molecular flexibility index (Phi) is 1.49. The summed E-state index contributed by atoms with van der Waals surface area (Å²) in [5, 5.41) is 0. The number of hydrogen-bond acceptors (Lipinski definition) is 0. The van der Waals surface area contributed by atoms with E-state index in [1.165, 1.54) is 35.5 Å². The van der Waals surface area contributed by atoms with Gasteiger partial charge in [-0.25, -0.2) is 0 Å². The van der Waals surface area contributed by atoms with Gasteiger partial charge < -0.3 is 0 Å². The topological polar surface area (TPSA) is 0 Å². The molecule has 0 nitrogen and oxygen atoms in total. The summed E-state index contributed by atoms with van der Waals surface area (Å²) in [4.78, 5) is 0. The van der Waals surface area contributed by atoms with E-state index in [0.717, 1.165) is 10.8 Å². The monoisotopic (exact) mass is 242 g/mol. The quantitative estimate of drug-likeness (QED) is 0.662. The van der Waals surface area contributed by atoms with Crippen molar-refractivity contribution in [2.75, 3.05) is 0 Å². The first kappa shape index (κ1) is 9.83. The zero-order valence-electron chi connectivity index (χ0n) is 11.5. The second-order valence-electron chi connectivity index (χ2n) is 9.16. The molecule has 6 unspecified atom stereocenters. The number of fused-ring (bicyclic) bond motifs is 5. The highest BCUT2D eigenvalue weighted by Gasteiger charge is 2.83. The van der Waals surface area contributed by atoms with Crippen molar-refractivity contribution in [3.63, 3.8) is 0 Å². The minimum absolute atomic E-state index is 0.917. The minimum atomic E-state index is 0.917. The molecule has 6 fully saturated rings. The van der Waals surface area contributed by atoms with Crippen molar-refractivity contribution in [2.24, 2.45) is 46.3 Å². The SMILES string of the molecule is C1CC2CC1CC2C1(C23CC2C3)CC2CCC1C2. The Morgan fingerprint density at radius 2 is 1.50 bits per heavy atom. The highest BCUT2D eigenvalue weighted by atomic mass is 14.9. The lowest BCUT2D eigenvalue weighted by Crippen LogP contribution is -2.43. The third kappa shape index (κ3) is 0.879. The molecule has 0 aromatic heterocycles. The highest BCUT2D eigenvalue weighted by Crippen LogP contribution is 2.90. The molecule has 6 atom stereocenters. The van der Waals surface area contributed by atoms with Crippen LogP contribution >= 0.6 is 0 Å². The van der Waals surface area contributed by atoms with Crippen LogP contribution in [-0.2, 0) is 0 Å². The third-order valence-electron chi connectivity index (χ3n) is 8.91. The van der Waals surface area contributed by atoms with Crippen molar-refractivity contribution in [1.82, 2.24) is 0 Å². The molecule has 6 aliphatic carbocycles. The maximum absolute atomic E-state index is 1.70. The van der Waals surface area contributed by atoms with Gasteiger partial charge in [-0.1, -0.05) is 12.8 Å². The predicted octanol–water partition coefficient (Wildman–Crippen LogP) is 4.64. The number of rotatable bonds is 2. The van der Waals surface area contributed by atoms with Gasteiger partial charge in [-0.15, -0.1) is 0 Å². The average molecular weight is 242 g/mol. The van der Waals surface area contributed by atoms with Crippen molar-refractivity contribution in [2.45, 2.75) is 64.2 Å². The molecule has 6 rings (SSSR count). The van der Waals surface area contributed by atoms with Crippen LogP contribution < -0.4 is 0 Å². The van der Waals surface area contributed by atoms with Crippen molar-refractivity contribution in [1.29, 1.82) is 0 Å². The van der Waals surface area contributed by atoms with E-state index < -0.39 is 0 Å². The van der Waals surface area contributed by atoms with Crippen molar-refractivity contribution >= 4 is 0 Å². The van der Waals surface area contributed by atoms with E-state index in [-0.39, 0.29) is 0 Å². The third-order valence-corrected chi connectivity index (χ3v) is 8.91. The van der Waals surface area contributed by atoms with Gasteiger partial charge in [-0.3, -0.25) is 0 Å². The lowest BCUT2D eigenvalue weighted by Gasteiger charge is -2.49. The van der Waals surface area contributed by atoms with Gasteiger partial charge in [0.05, 0.1) is 0 Å². The Labute approximate surface area is 111 Å². The summed E-state index contributed by atoms with van der Waals surface area (Å²) >= 11 is 0. The molecule has 0 aromatic rings. The normalized spacial score (nSPS) is 70.7. The van der Waals surface area contributed by atoms with E-state index in [1.54, 1.807) is 64.2 Å². The summed E-state index contributed by atoms with van der Waals surface area (Å²) < 4.78 is 0. The van der Waals surface area contributed by atoms with Crippen LogP contribution in [0.5, 0.6) is 0 Å². The first-order valence-electron chi connectivity index (χ1n) is 8.82. The van der Waals surface area contributed by atoms with Crippen LogP contribution in [0.1, 0.15) is 64.2 Å². The van der Waals surface area contributed by atoms with Crippen LogP contribution in [0.2, 0.25) is 0 Å². The van der Waals surface area contributed by atoms with Gasteiger partial charge in [0.1, 0.15) is 0 Å². The summed E-state index contributed by atoms with van der Waals surface area (Å²) in [5.41, 5.74) is 1.88. The predicted molar refractivity (Wildman–Crippen MR) is 72.0 cm³/mol.